The first-order valence-corrected chi connectivity index (χ1v) is 5.82. The van der Waals surface area contributed by atoms with Crippen LogP contribution in [0, 0.1) is 0 Å². The van der Waals surface area contributed by atoms with Gasteiger partial charge in [0.25, 0.3) is 0 Å². The summed E-state index contributed by atoms with van der Waals surface area (Å²) in [5.41, 5.74) is 0.930. The predicted octanol–water partition coefficient (Wildman–Crippen LogP) is 3.81. The van der Waals surface area contributed by atoms with Gasteiger partial charge in [0.2, 0.25) is 0 Å². The van der Waals surface area contributed by atoms with Crippen LogP contribution in [0.1, 0.15) is 31.4 Å². The monoisotopic (exact) mass is 230 g/mol. The Hall–Kier alpha value is -1.83. The van der Waals surface area contributed by atoms with E-state index in [-0.39, 0.29) is 12.1 Å². The van der Waals surface area contributed by atoms with Crippen LogP contribution in [0.5, 0.6) is 0 Å². The molecule has 1 rings (SSSR count). The predicted molar refractivity (Wildman–Crippen MR) is 69.5 cm³/mol. The molecule has 0 aliphatic rings. The number of hydrogen-bond donors (Lipinski definition) is 0. The number of unbranched alkanes of at least 4 members (excludes halogenated alkanes) is 1. The Morgan fingerprint density at radius 3 is 2.71 bits per heavy atom. The van der Waals surface area contributed by atoms with E-state index in [9.17, 15) is 4.79 Å². The maximum atomic E-state index is 11.5. The molecule has 1 atom stereocenters. The molecule has 0 radical (unpaired) electrons. The van der Waals surface area contributed by atoms with E-state index in [4.69, 9.17) is 4.74 Å². The number of esters is 1. The van der Waals surface area contributed by atoms with Crippen molar-refractivity contribution in [3.05, 3.63) is 60.7 Å². The summed E-state index contributed by atoms with van der Waals surface area (Å²) in [5.74, 6) is -0.327. The second-order valence-corrected chi connectivity index (χ2v) is 3.69. The Morgan fingerprint density at radius 2 is 2.12 bits per heavy atom. The number of carbonyl (C=O) groups excluding carboxylic acids is 1. The molecule has 2 nitrogen and oxygen atoms in total. The fourth-order valence-corrected chi connectivity index (χ4v) is 1.41. The summed E-state index contributed by atoms with van der Waals surface area (Å²) in [5, 5.41) is 0. The fraction of sp³-hybridized carbons (Fsp3) is 0.267. The average Bonchev–Trinajstić information content (AvgIpc) is 2.37. The van der Waals surface area contributed by atoms with Crippen molar-refractivity contribution in [2.24, 2.45) is 0 Å². The first-order chi connectivity index (χ1) is 8.27. The molecule has 0 bridgehead atoms. The van der Waals surface area contributed by atoms with Crippen molar-refractivity contribution in [3.63, 3.8) is 0 Å². The number of carbonyl (C=O) groups is 1. The molecular weight excluding hydrogens is 212 g/mol. The van der Waals surface area contributed by atoms with Gasteiger partial charge in [-0.15, -0.1) is 0 Å². The van der Waals surface area contributed by atoms with Crippen molar-refractivity contribution >= 4 is 5.97 Å². The van der Waals surface area contributed by atoms with Crippen LogP contribution in [0.25, 0.3) is 0 Å². The van der Waals surface area contributed by atoms with Gasteiger partial charge in [0, 0.05) is 6.08 Å². The average molecular weight is 230 g/mol. The highest BCUT2D eigenvalue weighted by atomic mass is 16.5. The van der Waals surface area contributed by atoms with Crippen LogP contribution in [0.3, 0.4) is 0 Å². The number of rotatable bonds is 6. The molecule has 0 aliphatic heterocycles. The molecule has 0 aromatic heterocycles. The summed E-state index contributed by atoms with van der Waals surface area (Å²) < 4.78 is 5.29. The van der Waals surface area contributed by atoms with Gasteiger partial charge in [-0.05, 0) is 18.1 Å². The van der Waals surface area contributed by atoms with Crippen LogP contribution in [-0.2, 0) is 9.53 Å². The van der Waals surface area contributed by atoms with Gasteiger partial charge in [0.15, 0.2) is 0 Å². The molecule has 0 spiro atoms. The quantitative estimate of drug-likeness (QED) is 0.422. The van der Waals surface area contributed by atoms with Crippen molar-refractivity contribution in [2.45, 2.75) is 25.9 Å². The van der Waals surface area contributed by atoms with Gasteiger partial charge in [0.05, 0.1) is 0 Å². The SMILES string of the molecule is C=CC(OC(=O)/C=C\CCC)c1ccccc1. The number of ether oxygens (including phenoxy) is 1. The molecule has 1 aromatic rings. The lowest BCUT2D eigenvalue weighted by atomic mass is 10.1. The van der Waals surface area contributed by atoms with Crippen LogP contribution in [0.2, 0.25) is 0 Å². The maximum Gasteiger partial charge on any atom is 0.331 e. The largest absolute Gasteiger partial charge is 0.450 e. The molecule has 90 valence electrons. The Kier molecular flexibility index (Phi) is 5.80. The van der Waals surface area contributed by atoms with Crippen LogP contribution >= 0.6 is 0 Å². The van der Waals surface area contributed by atoms with Crippen LogP contribution < -0.4 is 0 Å². The second kappa shape index (κ2) is 7.44. The van der Waals surface area contributed by atoms with Crippen molar-refractivity contribution in [3.8, 4) is 0 Å². The zero-order valence-electron chi connectivity index (χ0n) is 10.1. The summed E-state index contributed by atoms with van der Waals surface area (Å²) in [4.78, 5) is 11.5. The first kappa shape index (κ1) is 13.2. The van der Waals surface area contributed by atoms with Gasteiger partial charge in [-0.1, -0.05) is 56.3 Å². The standard InChI is InChI=1S/C15H18O2/c1-3-5-7-12-15(16)17-14(4-2)13-10-8-6-9-11-13/h4,6-12,14H,2-3,5H2,1H3/b12-7-. The third-order valence-electron chi connectivity index (χ3n) is 2.29. The smallest absolute Gasteiger partial charge is 0.331 e. The third kappa shape index (κ3) is 4.68. The summed E-state index contributed by atoms with van der Waals surface area (Å²) >= 11 is 0. The summed E-state index contributed by atoms with van der Waals surface area (Å²) in [6, 6.07) is 9.57. The normalized spacial score (nSPS) is 12.3. The Labute approximate surface area is 103 Å². The van der Waals surface area contributed by atoms with Crippen molar-refractivity contribution in [2.75, 3.05) is 0 Å². The molecule has 1 unspecified atom stereocenters. The van der Waals surface area contributed by atoms with Gasteiger partial charge >= 0.3 is 5.97 Å². The van der Waals surface area contributed by atoms with E-state index < -0.39 is 0 Å². The van der Waals surface area contributed by atoms with E-state index in [2.05, 4.69) is 13.5 Å². The minimum absolute atomic E-state index is 0.327. The summed E-state index contributed by atoms with van der Waals surface area (Å²) in [6.07, 6.45) is 6.46. The third-order valence-corrected chi connectivity index (χ3v) is 2.29. The van der Waals surface area contributed by atoms with Gasteiger partial charge in [-0.2, -0.15) is 0 Å². The van der Waals surface area contributed by atoms with E-state index in [1.165, 1.54) is 6.08 Å². The second-order valence-electron chi connectivity index (χ2n) is 3.69. The van der Waals surface area contributed by atoms with E-state index >= 15 is 0 Å². The molecule has 0 saturated heterocycles. The lowest BCUT2D eigenvalue weighted by molar-refractivity contribution is -0.141. The van der Waals surface area contributed by atoms with Gasteiger partial charge in [-0.3, -0.25) is 0 Å². The van der Waals surface area contributed by atoms with Crippen LogP contribution in [0.15, 0.2) is 55.1 Å². The van der Waals surface area contributed by atoms with E-state index in [1.54, 1.807) is 6.08 Å². The number of hydrogen-bond acceptors (Lipinski definition) is 2. The highest BCUT2D eigenvalue weighted by Gasteiger charge is 2.10. The first-order valence-electron chi connectivity index (χ1n) is 5.82. The zero-order valence-corrected chi connectivity index (χ0v) is 10.1. The van der Waals surface area contributed by atoms with Gasteiger partial charge < -0.3 is 4.74 Å². The summed E-state index contributed by atoms with van der Waals surface area (Å²) in [7, 11) is 0. The maximum absolute atomic E-state index is 11.5. The molecular formula is C15H18O2. The van der Waals surface area contributed by atoms with E-state index in [1.807, 2.05) is 36.4 Å². The zero-order chi connectivity index (χ0) is 12.5. The van der Waals surface area contributed by atoms with Crippen molar-refractivity contribution < 1.29 is 9.53 Å². The number of benzene rings is 1. The molecule has 0 heterocycles. The Balaban J connectivity index is 2.59. The van der Waals surface area contributed by atoms with Crippen LogP contribution in [-0.4, -0.2) is 5.97 Å². The minimum atomic E-state index is -0.380. The van der Waals surface area contributed by atoms with Gasteiger partial charge in [0.1, 0.15) is 6.10 Å². The number of allylic oxidation sites excluding steroid dienone is 1. The Morgan fingerprint density at radius 1 is 1.41 bits per heavy atom. The van der Waals surface area contributed by atoms with E-state index in [0.29, 0.717) is 0 Å². The lowest BCUT2D eigenvalue weighted by Crippen LogP contribution is -2.06. The molecule has 1 aromatic carbocycles. The molecule has 0 amide bonds. The molecule has 0 aliphatic carbocycles. The topological polar surface area (TPSA) is 26.3 Å². The fourth-order valence-electron chi connectivity index (χ4n) is 1.41. The molecule has 17 heavy (non-hydrogen) atoms. The van der Waals surface area contributed by atoms with Crippen molar-refractivity contribution in [1.82, 2.24) is 0 Å². The van der Waals surface area contributed by atoms with Crippen LogP contribution in [0.4, 0.5) is 0 Å². The highest BCUT2D eigenvalue weighted by Crippen LogP contribution is 2.18. The van der Waals surface area contributed by atoms with E-state index in [0.717, 1.165) is 18.4 Å². The lowest BCUT2D eigenvalue weighted by Gasteiger charge is -2.12. The molecule has 0 N–H and O–H groups in total. The Bertz CT molecular complexity index is 379. The summed E-state index contributed by atoms with van der Waals surface area (Å²) in [6.45, 7) is 5.75. The van der Waals surface area contributed by atoms with Crippen molar-refractivity contribution in [1.29, 1.82) is 0 Å². The molecule has 0 fully saturated rings. The van der Waals surface area contributed by atoms with Gasteiger partial charge in [-0.25, -0.2) is 4.79 Å². The molecule has 0 saturated carbocycles. The minimum Gasteiger partial charge on any atom is -0.450 e. The highest BCUT2D eigenvalue weighted by molar-refractivity contribution is 5.82. The molecule has 2 heteroatoms.